The molecule has 1 aromatic carbocycles. The standard InChI is InChI=1S/C18H20N4O3/c23-16(21-7-3-4-8-21)11-22-17(24)15(20-18(22)25)9-12-10-19-14-6-2-1-5-13(12)14/h1-2,5-6,10,15,19H,3-4,7-9,11H2,(H,20,25)/t15-/m1/s1. The maximum Gasteiger partial charge on any atom is 0.325 e. The second-order valence-corrected chi connectivity index (χ2v) is 6.58. The quantitative estimate of drug-likeness (QED) is 0.822. The first-order valence-corrected chi connectivity index (χ1v) is 8.58. The van der Waals surface area contributed by atoms with Crippen LogP contribution in [0.3, 0.4) is 0 Å². The van der Waals surface area contributed by atoms with Crippen molar-refractivity contribution >= 4 is 28.7 Å². The smallest absolute Gasteiger partial charge is 0.325 e. The number of urea groups is 1. The number of amides is 4. The molecule has 0 saturated carbocycles. The van der Waals surface area contributed by atoms with Crippen molar-refractivity contribution in [1.29, 1.82) is 0 Å². The molecular weight excluding hydrogens is 320 g/mol. The molecule has 0 unspecified atom stereocenters. The highest BCUT2D eigenvalue weighted by molar-refractivity contribution is 6.06. The summed E-state index contributed by atoms with van der Waals surface area (Å²) in [4.78, 5) is 42.9. The van der Waals surface area contributed by atoms with E-state index in [2.05, 4.69) is 10.3 Å². The van der Waals surface area contributed by atoms with Crippen LogP contribution in [0.5, 0.6) is 0 Å². The highest BCUT2D eigenvalue weighted by atomic mass is 16.2. The van der Waals surface area contributed by atoms with Crippen molar-refractivity contribution in [2.45, 2.75) is 25.3 Å². The van der Waals surface area contributed by atoms with Gasteiger partial charge in [-0.15, -0.1) is 0 Å². The van der Waals surface area contributed by atoms with Gasteiger partial charge in [0.1, 0.15) is 12.6 Å². The van der Waals surface area contributed by atoms with E-state index in [1.807, 2.05) is 30.5 Å². The van der Waals surface area contributed by atoms with Crippen molar-refractivity contribution in [1.82, 2.24) is 20.1 Å². The van der Waals surface area contributed by atoms with E-state index in [1.54, 1.807) is 4.90 Å². The number of benzene rings is 1. The molecule has 2 saturated heterocycles. The number of fused-ring (bicyclic) bond motifs is 1. The van der Waals surface area contributed by atoms with Gasteiger partial charge < -0.3 is 15.2 Å². The summed E-state index contributed by atoms with van der Waals surface area (Å²) < 4.78 is 0. The number of hydrogen-bond donors (Lipinski definition) is 2. The first kappa shape index (κ1) is 15.7. The number of rotatable bonds is 4. The molecule has 25 heavy (non-hydrogen) atoms. The molecule has 0 spiro atoms. The van der Waals surface area contributed by atoms with Crippen molar-refractivity contribution in [2.24, 2.45) is 0 Å². The molecular formula is C18H20N4O3. The molecule has 1 atom stereocenters. The number of nitrogens with one attached hydrogen (secondary N) is 2. The number of aromatic nitrogens is 1. The normalized spacial score (nSPS) is 20.6. The van der Waals surface area contributed by atoms with Gasteiger partial charge in [-0.3, -0.25) is 14.5 Å². The zero-order chi connectivity index (χ0) is 17.4. The Bertz CT molecular complexity index is 838. The summed E-state index contributed by atoms with van der Waals surface area (Å²) in [6.07, 6.45) is 4.23. The Labute approximate surface area is 145 Å². The van der Waals surface area contributed by atoms with Gasteiger partial charge in [-0.2, -0.15) is 0 Å². The van der Waals surface area contributed by atoms with Gasteiger partial charge in [-0.1, -0.05) is 18.2 Å². The van der Waals surface area contributed by atoms with Crippen LogP contribution in [-0.4, -0.2) is 58.3 Å². The van der Waals surface area contributed by atoms with Gasteiger partial charge in [-0.05, 0) is 24.5 Å². The van der Waals surface area contributed by atoms with Crippen LogP contribution in [0.15, 0.2) is 30.5 Å². The third-order valence-corrected chi connectivity index (χ3v) is 4.96. The molecule has 0 bridgehead atoms. The summed E-state index contributed by atoms with van der Waals surface area (Å²) in [5.74, 6) is -0.489. The Balaban J connectivity index is 1.46. The van der Waals surface area contributed by atoms with Crippen molar-refractivity contribution in [3.8, 4) is 0 Å². The minimum Gasteiger partial charge on any atom is -0.361 e. The third kappa shape index (κ3) is 2.86. The highest BCUT2D eigenvalue weighted by Crippen LogP contribution is 2.21. The molecule has 0 radical (unpaired) electrons. The number of imide groups is 1. The van der Waals surface area contributed by atoms with Gasteiger partial charge in [0.25, 0.3) is 5.91 Å². The average Bonchev–Trinajstić information content (AvgIpc) is 3.33. The Hall–Kier alpha value is -2.83. The maximum absolute atomic E-state index is 12.6. The van der Waals surface area contributed by atoms with Crippen LogP contribution in [0.1, 0.15) is 18.4 Å². The minimum atomic E-state index is -0.627. The number of hydrogen-bond acceptors (Lipinski definition) is 3. The van der Waals surface area contributed by atoms with Crippen LogP contribution < -0.4 is 5.32 Å². The third-order valence-electron chi connectivity index (χ3n) is 4.96. The van der Waals surface area contributed by atoms with Crippen molar-refractivity contribution in [3.63, 3.8) is 0 Å². The molecule has 130 valence electrons. The lowest BCUT2D eigenvalue weighted by Gasteiger charge is -2.19. The predicted molar refractivity (Wildman–Crippen MR) is 91.8 cm³/mol. The van der Waals surface area contributed by atoms with Gasteiger partial charge in [0, 0.05) is 36.6 Å². The van der Waals surface area contributed by atoms with E-state index >= 15 is 0 Å². The van der Waals surface area contributed by atoms with Crippen LogP contribution in [0.25, 0.3) is 10.9 Å². The molecule has 4 rings (SSSR count). The van der Waals surface area contributed by atoms with E-state index in [4.69, 9.17) is 0 Å². The van der Waals surface area contributed by atoms with Crippen molar-refractivity contribution < 1.29 is 14.4 Å². The second kappa shape index (κ2) is 6.23. The fourth-order valence-corrected chi connectivity index (χ4v) is 3.59. The molecule has 0 aliphatic carbocycles. The summed E-state index contributed by atoms with van der Waals surface area (Å²) in [6.45, 7) is 1.25. The largest absolute Gasteiger partial charge is 0.361 e. The Morgan fingerprint density at radius 1 is 1.16 bits per heavy atom. The summed E-state index contributed by atoms with van der Waals surface area (Å²) in [5, 5.41) is 3.74. The number of aromatic amines is 1. The predicted octanol–water partition coefficient (Wildman–Crippen LogP) is 1.25. The van der Waals surface area contributed by atoms with Crippen LogP contribution in [-0.2, 0) is 16.0 Å². The van der Waals surface area contributed by atoms with Gasteiger partial charge >= 0.3 is 6.03 Å². The Morgan fingerprint density at radius 2 is 1.92 bits per heavy atom. The second-order valence-electron chi connectivity index (χ2n) is 6.58. The van der Waals surface area contributed by atoms with Crippen LogP contribution in [0, 0.1) is 0 Å². The van der Waals surface area contributed by atoms with E-state index in [0.29, 0.717) is 19.5 Å². The molecule has 7 heteroatoms. The number of nitrogens with zero attached hydrogens (tertiary/aromatic N) is 2. The number of carbonyl (C=O) groups excluding carboxylic acids is 3. The lowest BCUT2D eigenvalue weighted by atomic mass is 10.1. The Morgan fingerprint density at radius 3 is 2.72 bits per heavy atom. The van der Waals surface area contributed by atoms with E-state index in [9.17, 15) is 14.4 Å². The SMILES string of the molecule is O=C(CN1C(=O)N[C@H](Cc2c[nH]c3ccccc23)C1=O)N1CCCC1. The molecule has 2 aliphatic rings. The molecule has 2 aliphatic heterocycles. The molecule has 3 heterocycles. The fraction of sp³-hybridized carbons (Fsp3) is 0.389. The zero-order valence-corrected chi connectivity index (χ0v) is 13.8. The molecule has 4 amide bonds. The average molecular weight is 340 g/mol. The number of carbonyl (C=O) groups is 3. The summed E-state index contributed by atoms with van der Waals surface area (Å²) in [7, 11) is 0. The Kier molecular flexibility index (Phi) is 3.91. The lowest BCUT2D eigenvalue weighted by molar-refractivity contribution is -0.136. The number of likely N-dealkylation sites (tertiary alicyclic amines) is 1. The minimum absolute atomic E-state index is 0.159. The molecule has 7 nitrogen and oxygen atoms in total. The van der Waals surface area contributed by atoms with E-state index in [-0.39, 0.29) is 18.4 Å². The van der Waals surface area contributed by atoms with E-state index < -0.39 is 12.1 Å². The maximum atomic E-state index is 12.6. The topological polar surface area (TPSA) is 85.5 Å². The monoisotopic (exact) mass is 340 g/mol. The summed E-state index contributed by atoms with van der Waals surface area (Å²) in [6, 6.07) is 6.72. The van der Waals surface area contributed by atoms with E-state index in [1.165, 1.54) is 0 Å². The van der Waals surface area contributed by atoms with Crippen molar-refractivity contribution in [2.75, 3.05) is 19.6 Å². The first-order valence-electron chi connectivity index (χ1n) is 8.58. The van der Waals surface area contributed by atoms with E-state index in [0.717, 1.165) is 34.2 Å². The molecule has 1 aromatic heterocycles. The van der Waals surface area contributed by atoms with Crippen LogP contribution in [0.4, 0.5) is 4.79 Å². The van der Waals surface area contributed by atoms with Gasteiger partial charge in [0.15, 0.2) is 0 Å². The number of H-pyrrole nitrogens is 1. The molecule has 2 aromatic rings. The first-order chi connectivity index (χ1) is 12.1. The summed E-state index contributed by atoms with van der Waals surface area (Å²) >= 11 is 0. The molecule has 2 N–H and O–H groups in total. The van der Waals surface area contributed by atoms with Crippen LogP contribution in [0.2, 0.25) is 0 Å². The molecule has 2 fully saturated rings. The van der Waals surface area contributed by atoms with Crippen molar-refractivity contribution in [3.05, 3.63) is 36.0 Å². The summed E-state index contributed by atoms with van der Waals surface area (Å²) in [5.41, 5.74) is 1.97. The van der Waals surface area contributed by atoms with Gasteiger partial charge in [-0.25, -0.2) is 4.79 Å². The number of para-hydroxylation sites is 1. The van der Waals surface area contributed by atoms with Gasteiger partial charge in [0.2, 0.25) is 5.91 Å². The lowest BCUT2D eigenvalue weighted by Crippen LogP contribution is -2.42. The van der Waals surface area contributed by atoms with Gasteiger partial charge in [0.05, 0.1) is 0 Å². The fourth-order valence-electron chi connectivity index (χ4n) is 3.59. The van der Waals surface area contributed by atoms with Crippen LogP contribution >= 0.6 is 0 Å². The highest BCUT2D eigenvalue weighted by Gasteiger charge is 2.40. The zero-order valence-electron chi connectivity index (χ0n) is 13.8.